The van der Waals surface area contributed by atoms with Gasteiger partial charge in [-0.3, -0.25) is 14.4 Å². The molecular formula is C35H28ClNO8. The first-order valence-electron chi connectivity index (χ1n) is 14.0. The molecule has 45 heavy (non-hydrogen) atoms. The number of allylic oxidation sites excluding steroid dienone is 3. The predicted molar refractivity (Wildman–Crippen MR) is 167 cm³/mol. The van der Waals surface area contributed by atoms with Crippen molar-refractivity contribution >= 4 is 39.8 Å². The van der Waals surface area contributed by atoms with Crippen LogP contribution in [-0.4, -0.2) is 34.8 Å². The molecule has 1 amide bonds. The molecule has 0 fully saturated rings. The molecule has 4 aromatic carbocycles. The Morgan fingerprint density at radius 2 is 1.76 bits per heavy atom. The van der Waals surface area contributed by atoms with Crippen LogP contribution in [0.3, 0.4) is 0 Å². The Kier molecular flexibility index (Phi) is 7.50. The minimum absolute atomic E-state index is 0.00241. The minimum atomic E-state index is -1.65. The lowest BCUT2D eigenvalue weighted by atomic mass is 9.71. The topological polar surface area (TPSA) is 131 Å². The summed E-state index contributed by atoms with van der Waals surface area (Å²) in [5.41, 5.74) is -0.374. The van der Waals surface area contributed by atoms with E-state index in [9.17, 15) is 24.6 Å². The Labute approximate surface area is 263 Å². The number of phenolic OH excluding ortho intramolecular Hbond substituents is 1. The van der Waals surface area contributed by atoms with E-state index in [0.29, 0.717) is 17.4 Å². The van der Waals surface area contributed by atoms with Crippen molar-refractivity contribution in [3.8, 4) is 23.0 Å². The molecule has 3 N–H and O–H groups in total. The van der Waals surface area contributed by atoms with Crippen LogP contribution < -0.4 is 19.5 Å². The van der Waals surface area contributed by atoms with Crippen molar-refractivity contribution < 1.29 is 38.8 Å². The van der Waals surface area contributed by atoms with Gasteiger partial charge in [-0.1, -0.05) is 54.1 Å². The minimum Gasteiger partial charge on any atom is -0.507 e. The summed E-state index contributed by atoms with van der Waals surface area (Å²) in [5.74, 6) is -2.33. The number of nitrogens with one attached hydrogen (secondary N) is 1. The second-order valence-corrected chi connectivity index (χ2v) is 11.4. The van der Waals surface area contributed by atoms with Crippen LogP contribution in [0.25, 0.3) is 10.8 Å². The van der Waals surface area contributed by atoms with E-state index in [1.54, 1.807) is 6.07 Å². The van der Waals surface area contributed by atoms with E-state index in [-0.39, 0.29) is 40.7 Å². The van der Waals surface area contributed by atoms with Crippen LogP contribution >= 0.6 is 11.6 Å². The summed E-state index contributed by atoms with van der Waals surface area (Å²) in [5, 5.41) is 26.7. The maximum atomic E-state index is 13.8. The van der Waals surface area contributed by atoms with Gasteiger partial charge in [-0.2, -0.15) is 0 Å². The Morgan fingerprint density at radius 1 is 1.00 bits per heavy atom. The number of Topliss-reactive ketones (excluding diaryl/α,β-unsaturated/α-hetero) is 2. The van der Waals surface area contributed by atoms with E-state index in [2.05, 4.69) is 5.32 Å². The van der Waals surface area contributed by atoms with Crippen molar-refractivity contribution in [3.63, 3.8) is 0 Å². The average molecular weight is 626 g/mol. The van der Waals surface area contributed by atoms with E-state index >= 15 is 0 Å². The molecule has 1 heterocycles. The summed E-state index contributed by atoms with van der Waals surface area (Å²) < 4.78 is 17.5. The molecule has 0 aromatic heterocycles. The second-order valence-electron chi connectivity index (χ2n) is 10.9. The number of hydrogen-bond donors (Lipinski definition) is 3. The van der Waals surface area contributed by atoms with Crippen molar-refractivity contribution in [1.82, 2.24) is 5.32 Å². The molecule has 1 aliphatic heterocycles. The van der Waals surface area contributed by atoms with Crippen molar-refractivity contribution in [2.45, 2.75) is 32.4 Å². The molecule has 4 aromatic rings. The lowest BCUT2D eigenvalue weighted by molar-refractivity contribution is -0.123. The molecule has 0 spiro atoms. The largest absolute Gasteiger partial charge is 0.507 e. The van der Waals surface area contributed by atoms with Crippen molar-refractivity contribution in [2.75, 3.05) is 7.11 Å². The molecule has 228 valence electrons. The number of ether oxygens (including phenoxy) is 3. The number of fused-ring (bicyclic) bond motifs is 4. The molecule has 0 saturated heterocycles. The molecule has 2 aliphatic rings. The van der Waals surface area contributed by atoms with E-state index < -0.39 is 34.2 Å². The SMILES string of the molecule is COc1cc(O)c2c(c1C(=O)NCc1ccc(OCc3cccc(Cl)c3)c3ccccc13)OC1=CC(O)=C(C(C)=O)C(=O)[C@]12C. The number of benzene rings is 4. The van der Waals surface area contributed by atoms with Gasteiger partial charge in [0.25, 0.3) is 5.91 Å². The summed E-state index contributed by atoms with van der Waals surface area (Å²) in [6.45, 7) is 3.07. The van der Waals surface area contributed by atoms with E-state index in [1.807, 2.05) is 54.6 Å². The first-order valence-corrected chi connectivity index (χ1v) is 14.4. The number of hydrogen-bond acceptors (Lipinski definition) is 8. The molecule has 0 saturated carbocycles. The highest BCUT2D eigenvalue weighted by Crippen LogP contribution is 2.56. The standard InChI is InChI=1S/C35H28ClNO8/c1-18(38)29-24(39)15-28-35(2,33(29)41)31-25(40)14-27(43-3)30(32(31)45-28)34(42)37-16-20-11-12-26(23-10-5-4-9-22(20)23)44-17-19-7-6-8-21(36)13-19/h4-15,39-40H,16-17H2,1-3H3,(H,37,42)/t35-/m1/s1. The number of methoxy groups -OCH3 is 1. The molecule has 1 aliphatic carbocycles. The number of aliphatic hydroxyl groups excluding tert-OH is 1. The lowest BCUT2D eigenvalue weighted by Crippen LogP contribution is -2.38. The van der Waals surface area contributed by atoms with Crippen LogP contribution in [0.15, 0.2) is 89.9 Å². The number of rotatable bonds is 8. The first-order chi connectivity index (χ1) is 21.5. The Balaban J connectivity index is 1.31. The Hall–Kier alpha value is -5.28. The fraction of sp³-hybridized carbons (Fsp3) is 0.171. The third-order valence-electron chi connectivity index (χ3n) is 8.13. The van der Waals surface area contributed by atoms with Crippen molar-refractivity contribution in [1.29, 1.82) is 0 Å². The third kappa shape index (κ3) is 4.95. The van der Waals surface area contributed by atoms with Crippen LogP contribution in [0.5, 0.6) is 23.0 Å². The quantitative estimate of drug-likeness (QED) is 0.196. The van der Waals surface area contributed by atoms with Gasteiger partial charge in [-0.25, -0.2) is 0 Å². The maximum Gasteiger partial charge on any atom is 0.259 e. The predicted octanol–water partition coefficient (Wildman–Crippen LogP) is 6.23. The van der Waals surface area contributed by atoms with E-state index in [0.717, 1.165) is 34.9 Å². The Morgan fingerprint density at radius 3 is 2.47 bits per heavy atom. The summed E-state index contributed by atoms with van der Waals surface area (Å²) in [4.78, 5) is 39.5. The van der Waals surface area contributed by atoms with Gasteiger partial charge in [0.2, 0.25) is 0 Å². The van der Waals surface area contributed by atoms with Crippen molar-refractivity contribution in [3.05, 3.63) is 117 Å². The Bertz CT molecular complexity index is 2000. The zero-order valence-corrected chi connectivity index (χ0v) is 25.3. The molecule has 10 heteroatoms. The summed E-state index contributed by atoms with van der Waals surface area (Å²) in [7, 11) is 1.34. The van der Waals surface area contributed by atoms with Crippen LogP contribution in [0.4, 0.5) is 0 Å². The van der Waals surface area contributed by atoms with Crippen LogP contribution in [0, 0.1) is 0 Å². The number of aliphatic hydroxyl groups is 1. The summed E-state index contributed by atoms with van der Waals surface area (Å²) in [6, 6.07) is 20.0. The number of carbonyl (C=O) groups excluding carboxylic acids is 3. The molecule has 9 nitrogen and oxygen atoms in total. The van der Waals surface area contributed by atoms with Gasteiger partial charge in [-0.15, -0.1) is 0 Å². The number of halogens is 1. The zero-order chi connectivity index (χ0) is 32.0. The summed E-state index contributed by atoms with van der Waals surface area (Å²) in [6.07, 6.45) is 1.16. The maximum absolute atomic E-state index is 13.8. The number of aromatic hydroxyl groups is 1. The van der Waals surface area contributed by atoms with E-state index in [1.165, 1.54) is 20.1 Å². The van der Waals surface area contributed by atoms with Gasteiger partial charge in [0.1, 0.15) is 51.9 Å². The van der Waals surface area contributed by atoms with Crippen LogP contribution in [-0.2, 0) is 28.2 Å². The molecule has 1 atom stereocenters. The average Bonchev–Trinajstić information content (AvgIpc) is 3.32. The van der Waals surface area contributed by atoms with Gasteiger partial charge >= 0.3 is 0 Å². The van der Waals surface area contributed by atoms with Gasteiger partial charge in [0.05, 0.1) is 12.7 Å². The van der Waals surface area contributed by atoms with Gasteiger partial charge in [0, 0.05) is 29.1 Å². The van der Waals surface area contributed by atoms with E-state index in [4.69, 9.17) is 25.8 Å². The summed E-state index contributed by atoms with van der Waals surface area (Å²) >= 11 is 6.11. The third-order valence-corrected chi connectivity index (χ3v) is 8.37. The highest BCUT2D eigenvalue weighted by molar-refractivity contribution is 6.30. The lowest BCUT2D eigenvalue weighted by Gasteiger charge is -2.27. The van der Waals surface area contributed by atoms with Crippen molar-refractivity contribution in [2.24, 2.45) is 0 Å². The number of ketones is 2. The zero-order valence-electron chi connectivity index (χ0n) is 24.6. The van der Waals surface area contributed by atoms with Crippen LogP contribution in [0.2, 0.25) is 5.02 Å². The molecule has 0 radical (unpaired) electrons. The molecule has 6 rings (SSSR count). The van der Waals surface area contributed by atoms with Gasteiger partial charge in [0.15, 0.2) is 17.3 Å². The first kappa shape index (κ1) is 29.8. The van der Waals surface area contributed by atoms with Crippen LogP contribution in [0.1, 0.15) is 40.9 Å². The van der Waals surface area contributed by atoms with Gasteiger partial charge in [-0.05, 0) is 48.6 Å². The normalized spacial score (nSPS) is 16.9. The number of phenols is 1. The molecule has 0 unspecified atom stereocenters. The fourth-order valence-corrected chi connectivity index (χ4v) is 6.10. The molecular weight excluding hydrogens is 598 g/mol. The fourth-order valence-electron chi connectivity index (χ4n) is 5.89. The molecule has 0 bridgehead atoms. The monoisotopic (exact) mass is 625 g/mol. The number of carbonyl (C=O) groups is 3. The highest BCUT2D eigenvalue weighted by Gasteiger charge is 2.55. The highest BCUT2D eigenvalue weighted by atomic mass is 35.5. The number of amides is 1. The smallest absolute Gasteiger partial charge is 0.259 e. The second kappa shape index (κ2) is 11.3. The van der Waals surface area contributed by atoms with Gasteiger partial charge < -0.3 is 29.7 Å².